The van der Waals surface area contributed by atoms with Crippen molar-refractivity contribution in [2.24, 2.45) is 0 Å². The third kappa shape index (κ3) is 40.5. The van der Waals surface area contributed by atoms with Crippen LogP contribution in [0.2, 0.25) is 0 Å². The number of nitrogens with zero attached hydrogens (tertiary/aromatic N) is 1. The molecule has 0 aromatic carbocycles. The van der Waals surface area contributed by atoms with Gasteiger partial charge < -0.3 is 23.8 Å². The number of unbranched alkanes of at least 4 members (excludes halogenated alkanes) is 21. The molecule has 8 heteroatoms. The van der Waals surface area contributed by atoms with Crippen LogP contribution in [0.3, 0.4) is 0 Å². The molecule has 0 aromatic heterocycles. The van der Waals surface area contributed by atoms with Crippen LogP contribution in [0.5, 0.6) is 0 Å². The SMILES string of the molecule is CC/C=C/C/C=C/C/C=C/CCCCCCCCCCCC(=O)OC(COCCC(C(=O)O)[N+](C)(C)C)COC(=O)CCCCCCC/C=C/CCCCCCCCC. The van der Waals surface area contributed by atoms with Gasteiger partial charge in [-0.1, -0.05) is 165 Å². The second-order valence-corrected chi connectivity index (χ2v) is 17.3. The van der Waals surface area contributed by atoms with Gasteiger partial charge in [0.05, 0.1) is 34.4 Å². The number of esters is 2. The summed E-state index contributed by atoms with van der Waals surface area (Å²) in [5.74, 6) is -1.48. The predicted octanol–water partition coefficient (Wildman–Crippen LogP) is 13.6. The maximum Gasteiger partial charge on any atom is 0.362 e. The number of aliphatic carboxylic acids is 1. The van der Waals surface area contributed by atoms with Gasteiger partial charge in [-0.05, 0) is 70.6 Å². The zero-order valence-electron chi connectivity index (χ0n) is 39.0. The molecule has 0 heterocycles. The Kier molecular flexibility index (Phi) is 40.1. The number of quaternary nitrogens is 1. The molecular formula is C51H92NO7+. The van der Waals surface area contributed by atoms with Crippen LogP contribution in [0.4, 0.5) is 0 Å². The van der Waals surface area contributed by atoms with Gasteiger partial charge >= 0.3 is 17.9 Å². The first kappa shape index (κ1) is 56.3. The molecule has 0 aromatic rings. The molecule has 0 spiro atoms. The number of hydrogen-bond donors (Lipinski definition) is 1. The van der Waals surface area contributed by atoms with E-state index in [0.29, 0.717) is 19.3 Å². The van der Waals surface area contributed by atoms with Gasteiger partial charge in [0.15, 0.2) is 12.1 Å². The normalized spacial score (nSPS) is 13.3. The molecule has 0 saturated carbocycles. The fourth-order valence-electron chi connectivity index (χ4n) is 6.98. The van der Waals surface area contributed by atoms with E-state index in [-0.39, 0.29) is 36.2 Å². The van der Waals surface area contributed by atoms with Crippen LogP contribution in [0.15, 0.2) is 48.6 Å². The summed E-state index contributed by atoms with van der Waals surface area (Å²) in [4.78, 5) is 37.1. The number of carbonyl (C=O) groups is 3. The Morgan fingerprint density at radius 2 is 0.949 bits per heavy atom. The molecule has 0 rings (SSSR count). The highest BCUT2D eigenvalue weighted by Crippen LogP contribution is 2.15. The standard InChI is InChI=1S/C51H91NO7/c1-6-8-10-12-14-16-18-20-22-24-25-26-28-30-32-34-36-38-40-42-50(54)59-47(45-57-44-43-48(51(55)56)52(3,4)5)46-58-49(53)41-39-37-35-33-31-29-27-23-21-19-17-15-13-11-9-7-2/h8,10,14,16,20,22-23,27,47-48H,6-7,9,11-13,15,17-19,21,24-26,28-46H2,1-5H3/p+1/b10-8+,16-14+,22-20+,27-23+. The van der Waals surface area contributed by atoms with Gasteiger partial charge in [0.2, 0.25) is 0 Å². The first-order valence-corrected chi connectivity index (χ1v) is 24.2. The summed E-state index contributed by atoms with van der Waals surface area (Å²) in [5, 5.41) is 9.64. The molecule has 8 nitrogen and oxygen atoms in total. The van der Waals surface area contributed by atoms with Crippen LogP contribution >= 0.6 is 0 Å². The van der Waals surface area contributed by atoms with E-state index in [1.165, 1.54) is 96.3 Å². The summed E-state index contributed by atoms with van der Waals surface area (Å²) in [6.45, 7) is 4.62. The first-order valence-electron chi connectivity index (χ1n) is 24.2. The van der Waals surface area contributed by atoms with Crippen LogP contribution in [0.25, 0.3) is 0 Å². The molecule has 0 aliphatic carbocycles. The largest absolute Gasteiger partial charge is 0.477 e. The van der Waals surface area contributed by atoms with Gasteiger partial charge in [-0.15, -0.1) is 0 Å². The van der Waals surface area contributed by atoms with E-state index in [2.05, 4.69) is 62.5 Å². The summed E-state index contributed by atoms with van der Waals surface area (Å²) < 4.78 is 17.3. The average molecular weight is 831 g/mol. The zero-order chi connectivity index (χ0) is 43.5. The summed E-state index contributed by atoms with van der Waals surface area (Å²) in [6.07, 6.45) is 50.1. The number of carboxylic acid groups (broad SMARTS) is 1. The number of ether oxygens (including phenoxy) is 3. The van der Waals surface area contributed by atoms with Crippen LogP contribution in [-0.4, -0.2) is 80.6 Å². The van der Waals surface area contributed by atoms with Gasteiger partial charge in [-0.3, -0.25) is 9.59 Å². The molecule has 2 atom stereocenters. The summed E-state index contributed by atoms with van der Waals surface area (Å²) >= 11 is 0. The highest BCUT2D eigenvalue weighted by atomic mass is 16.6. The van der Waals surface area contributed by atoms with Gasteiger partial charge in [-0.25, -0.2) is 4.79 Å². The summed E-state index contributed by atoms with van der Waals surface area (Å²) in [5.41, 5.74) is 0. The molecule has 0 radical (unpaired) electrons. The Balaban J connectivity index is 4.30. The summed E-state index contributed by atoms with van der Waals surface area (Å²) in [6, 6.07) is -0.617. The van der Waals surface area contributed by atoms with E-state index < -0.39 is 18.1 Å². The minimum Gasteiger partial charge on any atom is -0.477 e. The Hall–Kier alpha value is -2.71. The van der Waals surface area contributed by atoms with E-state index in [0.717, 1.165) is 77.0 Å². The van der Waals surface area contributed by atoms with Crippen molar-refractivity contribution in [2.75, 3.05) is 41.0 Å². The second kappa shape index (κ2) is 42.0. The molecule has 0 saturated heterocycles. The maximum atomic E-state index is 12.8. The molecule has 1 N–H and O–H groups in total. The van der Waals surface area contributed by atoms with Gasteiger partial charge in [0, 0.05) is 19.3 Å². The van der Waals surface area contributed by atoms with Crippen LogP contribution < -0.4 is 0 Å². The van der Waals surface area contributed by atoms with Crippen molar-refractivity contribution in [2.45, 2.75) is 219 Å². The number of carbonyl (C=O) groups excluding carboxylic acids is 2. The van der Waals surface area contributed by atoms with Crippen LogP contribution in [0, 0.1) is 0 Å². The molecule has 59 heavy (non-hydrogen) atoms. The molecule has 2 unspecified atom stereocenters. The molecule has 0 fully saturated rings. The Bertz CT molecular complexity index is 1110. The monoisotopic (exact) mass is 831 g/mol. The van der Waals surface area contributed by atoms with E-state index in [4.69, 9.17) is 14.2 Å². The lowest BCUT2D eigenvalue weighted by Gasteiger charge is -2.31. The number of allylic oxidation sites excluding steroid dienone is 8. The Morgan fingerprint density at radius 3 is 1.42 bits per heavy atom. The zero-order valence-corrected chi connectivity index (χ0v) is 39.0. The van der Waals surface area contributed by atoms with Crippen LogP contribution in [0.1, 0.15) is 206 Å². The number of hydrogen-bond acceptors (Lipinski definition) is 6. The lowest BCUT2D eigenvalue weighted by atomic mass is 10.1. The minimum atomic E-state index is -0.877. The molecule has 342 valence electrons. The van der Waals surface area contributed by atoms with Crippen molar-refractivity contribution in [1.29, 1.82) is 0 Å². The molecule has 0 aliphatic rings. The van der Waals surface area contributed by atoms with Crippen molar-refractivity contribution in [3.63, 3.8) is 0 Å². The lowest BCUT2D eigenvalue weighted by molar-refractivity contribution is -0.887. The topological polar surface area (TPSA) is 99.1 Å². The second-order valence-electron chi connectivity index (χ2n) is 17.3. The quantitative estimate of drug-likeness (QED) is 0.0283. The first-order chi connectivity index (χ1) is 28.6. The van der Waals surface area contributed by atoms with Crippen molar-refractivity contribution < 1.29 is 38.2 Å². The van der Waals surface area contributed by atoms with E-state index in [9.17, 15) is 19.5 Å². The predicted molar refractivity (Wildman–Crippen MR) is 248 cm³/mol. The van der Waals surface area contributed by atoms with Crippen molar-refractivity contribution in [3.05, 3.63) is 48.6 Å². The van der Waals surface area contributed by atoms with Crippen molar-refractivity contribution in [1.82, 2.24) is 0 Å². The van der Waals surface area contributed by atoms with Crippen molar-refractivity contribution >= 4 is 17.9 Å². The highest BCUT2D eigenvalue weighted by Gasteiger charge is 2.31. The molecule has 0 bridgehead atoms. The Labute approximate surface area is 363 Å². The summed E-state index contributed by atoms with van der Waals surface area (Å²) in [7, 11) is 5.53. The third-order valence-electron chi connectivity index (χ3n) is 10.7. The number of carboxylic acids is 1. The van der Waals surface area contributed by atoms with Gasteiger partial charge in [0.1, 0.15) is 6.61 Å². The van der Waals surface area contributed by atoms with E-state index in [1.807, 2.05) is 21.1 Å². The molecular weight excluding hydrogens is 739 g/mol. The highest BCUT2D eigenvalue weighted by molar-refractivity contribution is 5.72. The maximum absolute atomic E-state index is 12.8. The fourth-order valence-corrected chi connectivity index (χ4v) is 6.98. The van der Waals surface area contributed by atoms with Crippen LogP contribution in [-0.2, 0) is 28.6 Å². The number of likely N-dealkylation sites (N-methyl/N-ethyl adjacent to an activating group) is 1. The van der Waals surface area contributed by atoms with Crippen molar-refractivity contribution in [3.8, 4) is 0 Å². The van der Waals surface area contributed by atoms with E-state index in [1.54, 1.807) is 0 Å². The smallest absolute Gasteiger partial charge is 0.362 e. The van der Waals surface area contributed by atoms with Gasteiger partial charge in [-0.2, -0.15) is 0 Å². The molecule has 0 amide bonds. The fraction of sp³-hybridized carbons (Fsp3) is 0.784. The lowest BCUT2D eigenvalue weighted by Crippen LogP contribution is -2.50. The molecule has 0 aliphatic heterocycles. The average Bonchev–Trinajstić information content (AvgIpc) is 3.19. The third-order valence-corrected chi connectivity index (χ3v) is 10.7. The Morgan fingerprint density at radius 1 is 0.525 bits per heavy atom. The number of rotatable bonds is 43. The minimum absolute atomic E-state index is 0.0564. The van der Waals surface area contributed by atoms with Gasteiger partial charge in [0.25, 0.3) is 0 Å². The van der Waals surface area contributed by atoms with E-state index >= 15 is 0 Å².